The van der Waals surface area contributed by atoms with Gasteiger partial charge in [-0.3, -0.25) is 4.79 Å². The summed E-state index contributed by atoms with van der Waals surface area (Å²) in [7, 11) is -3.89. The third-order valence-corrected chi connectivity index (χ3v) is 6.07. The normalized spacial score (nSPS) is 21.5. The highest BCUT2D eigenvalue weighted by Crippen LogP contribution is 2.28. The average Bonchev–Trinajstić information content (AvgIpc) is 2.69. The Morgan fingerprint density at radius 3 is 2.74 bits per heavy atom. The summed E-state index contributed by atoms with van der Waals surface area (Å²) in [5.41, 5.74) is 0.250. The smallest absolute Gasteiger partial charge is 0.322 e. The molecule has 0 bridgehead atoms. The first-order valence-electron chi connectivity index (χ1n) is 5.61. The Kier molecular flexibility index (Phi) is 3.88. The maximum absolute atomic E-state index is 12.6. The van der Waals surface area contributed by atoms with Gasteiger partial charge in [-0.15, -0.1) is 0 Å². The molecule has 1 aromatic heterocycles. The molecule has 2 rings (SSSR count). The highest BCUT2D eigenvalue weighted by molar-refractivity contribution is 7.99. The molecule has 0 radical (unpaired) electrons. The molecular weight excluding hydrogens is 292 g/mol. The molecule has 19 heavy (non-hydrogen) atoms. The molecule has 0 spiro atoms. The molecule has 1 saturated heterocycles. The van der Waals surface area contributed by atoms with E-state index >= 15 is 0 Å². The number of carbonyl (C=O) groups is 1. The van der Waals surface area contributed by atoms with Gasteiger partial charge in [-0.05, 0) is 13.8 Å². The van der Waals surface area contributed by atoms with E-state index in [0.29, 0.717) is 5.75 Å². The minimum Gasteiger partial charge on any atom is -0.480 e. The largest absolute Gasteiger partial charge is 0.480 e. The summed E-state index contributed by atoms with van der Waals surface area (Å²) in [6.07, 6.45) is 0. The highest BCUT2D eigenvalue weighted by atomic mass is 32.2. The Labute approximate surface area is 115 Å². The van der Waals surface area contributed by atoms with E-state index < -0.39 is 22.0 Å². The van der Waals surface area contributed by atoms with Crippen molar-refractivity contribution in [2.45, 2.75) is 24.8 Å². The summed E-state index contributed by atoms with van der Waals surface area (Å²) in [6.45, 7) is 3.20. The van der Waals surface area contributed by atoms with Crippen LogP contribution in [0.5, 0.6) is 0 Å². The van der Waals surface area contributed by atoms with Crippen LogP contribution in [-0.4, -0.2) is 53.0 Å². The zero-order valence-electron chi connectivity index (χ0n) is 10.5. The van der Waals surface area contributed by atoms with Crippen LogP contribution in [0.4, 0.5) is 0 Å². The quantitative estimate of drug-likeness (QED) is 0.866. The SMILES string of the molecule is Cc1noc(C)c1S(=O)(=O)N1CCSCC1C(=O)O. The van der Waals surface area contributed by atoms with Crippen LogP contribution in [-0.2, 0) is 14.8 Å². The standard InChI is InChI=1S/C10H14N2O5S2/c1-6-9(7(2)17-11-6)19(15,16)12-3-4-18-5-8(12)10(13)14/h8H,3-5H2,1-2H3,(H,13,14). The molecular formula is C10H14N2O5S2. The molecule has 0 amide bonds. The van der Waals surface area contributed by atoms with Gasteiger partial charge in [0, 0.05) is 18.1 Å². The molecule has 1 aliphatic rings. The molecule has 1 aliphatic heterocycles. The molecule has 106 valence electrons. The Morgan fingerprint density at radius 2 is 2.21 bits per heavy atom. The molecule has 0 aromatic carbocycles. The summed E-state index contributed by atoms with van der Waals surface area (Å²) in [5, 5.41) is 12.8. The molecule has 0 aliphatic carbocycles. The van der Waals surface area contributed by atoms with Crippen LogP contribution >= 0.6 is 11.8 Å². The predicted octanol–water partition coefficient (Wildman–Crippen LogP) is 0.482. The zero-order chi connectivity index (χ0) is 14.2. The van der Waals surface area contributed by atoms with E-state index in [1.54, 1.807) is 0 Å². The maximum Gasteiger partial charge on any atom is 0.322 e. The molecule has 7 nitrogen and oxygen atoms in total. The van der Waals surface area contributed by atoms with Crippen LogP contribution in [0.3, 0.4) is 0 Å². The fraction of sp³-hybridized carbons (Fsp3) is 0.600. The molecule has 1 unspecified atom stereocenters. The third-order valence-electron chi connectivity index (χ3n) is 2.90. The summed E-state index contributed by atoms with van der Waals surface area (Å²) in [5.74, 6) is -0.132. The fourth-order valence-electron chi connectivity index (χ4n) is 2.03. The van der Waals surface area contributed by atoms with E-state index in [-0.39, 0.29) is 28.6 Å². The van der Waals surface area contributed by atoms with Crippen molar-refractivity contribution in [2.75, 3.05) is 18.1 Å². The lowest BCUT2D eigenvalue weighted by Gasteiger charge is -2.31. The molecule has 0 saturated carbocycles. The second-order valence-electron chi connectivity index (χ2n) is 4.20. The predicted molar refractivity (Wildman–Crippen MR) is 68.6 cm³/mol. The van der Waals surface area contributed by atoms with Gasteiger partial charge in [0.25, 0.3) is 0 Å². The number of carboxylic acid groups (broad SMARTS) is 1. The van der Waals surface area contributed by atoms with Gasteiger partial charge in [-0.25, -0.2) is 8.42 Å². The van der Waals surface area contributed by atoms with Crippen molar-refractivity contribution in [2.24, 2.45) is 0 Å². The maximum atomic E-state index is 12.6. The molecule has 1 N–H and O–H groups in total. The van der Waals surface area contributed by atoms with Gasteiger partial charge in [0.1, 0.15) is 16.6 Å². The van der Waals surface area contributed by atoms with Crippen molar-refractivity contribution in [1.82, 2.24) is 9.46 Å². The zero-order valence-corrected chi connectivity index (χ0v) is 12.1. The van der Waals surface area contributed by atoms with Crippen LogP contribution in [0.25, 0.3) is 0 Å². The number of hydrogen-bond donors (Lipinski definition) is 1. The molecule has 1 atom stereocenters. The number of aromatic nitrogens is 1. The van der Waals surface area contributed by atoms with Gasteiger partial charge < -0.3 is 9.63 Å². The van der Waals surface area contributed by atoms with Gasteiger partial charge in [-0.1, -0.05) is 5.16 Å². The van der Waals surface area contributed by atoms with Crippen molar-refractivity contribution in [1.29, 1.82) is 0 Å². The first-order valence-corrected chi connectivity index (χ1v) is 8.20. The lowest BCUT2D eigenvalue weighted by atomic mass is 10.3. The summed E-state index contributed by atoms with van der Waals surface area (Å²) in [4.78, 5) is 11.2. The van der Waals surface area contributed by atoms with Crippen molar-refractivity contribution in [3.63, 3.8) is 0 Å². The van der Waals surface area contributed by atoms with E-state index in [1.807, 2.05) is 0 Å². The van der Waals surface area contributed by atoms with Crippen molar-refractivity contribution in [3.8, 4) is 0 Å². The number of aryl methyl sites for hydroxylation is 2. The van der Waals surface area contributed by atoms with Crippen molar-refractivity contribution < 1.29 is 22.8 Å². The van der Waals surface area contributed by atoms with Crippen molar-refractivity contribution >= 4 is 27.8 Å². The monoisotopic (exact) mass is 306 g/mol. The van der Waals surface area contributed by atoms with Crippen LogP contribution < -0.4 is 0 Å². The molecule has 1 fully saturated rings. The number of aliphatic carboxylic acids is 1. The van der Waals surface area contributed by atoms with E-state index in [9.17, 15) is 13.2 Å². The fourth-order valence-corrected chi connectivity index (χ4v) is 5.16. The van der Waals surface area contributed by atoms with Gasteiger partial charge in [-0.2, -0.15) is 16.1 Å². The highest BCUT2D eigenvalue weighted by Gasteiger charge is 2.40. The number of rotatable bonds is 3. The second-order valence-corrected chi connectivity index (χ2v) is 7.18. The molecule has 2 heterocycles. The van der Waals surface area contributed by atoms with Gasteiger partial charge in [0.2, 0.25) is 10.0 Å². The molecule has 1 aromatic rings. The van der Waals surface area contributed by atoms with Gasteiger partial charge >= 0.3 is 5.97 Å². The van der Waals surface area contributed by atoms with E-state index in [2.05, 4.69) is 5.16 Å². The van der Waals surface area contributed by atoms with E-state index in [4.69, 9.17) is 9.63 Å². The number of carboxylic acids is 1. The van der Waals surface area contributed by atoms with Crippen LogP contribution in [0.15, 0.2) is 9.42 Å². The minimum atomic E-state index is -3.89. The first-order chi connectivity index (χ1) is 8.85. The van der Waals surface area contributed by atoms with E-state index in [0.717, 1.165) is 4.31 Å². The number of thioether (sulfide) groups is 1. The lowest BCUT2D eigenvalue weighted by molar-refractivity contribution is -0.140. The number of sulfonamides is 1. The third kappa shape index (κ3) is 2.49. The second kappa shape index (κ2) is 5.14. The van der Waals surface area contributed by atoms with Crippen LogP contribution in [0.2, 0.25) is 0 Å². The van der Waals surface area contributed by atoms with E-state index in [1.165, 1.54) is 25.6 Å². The van der Waals surface area contributed by atoms with Crippen molar-refractivity contribution in [3.05, 3.63) is 11.5 Å². The average molecular weight is 306 g/mol. The summed E-state index contributed by atoms with van der Waals surface area (Å²) < 4.78 is 31.0. The number of nitrogens with zero attached hydrogens (tertiary/aromatic N) is 2. The Hall–Kier alpha value is -1.06. The lowest BCUT2D eigenvalue weighted by Crippen LogP contribution is -2.50. The first kappa shape index (κ1) is 14.4. The topological polar surface area (TPSA) is 101 Å². The van der Waals surface area contributed by atoms with Gasteiger partial charge in [0.05, 0.1) is 0 Å². The number of hydrogen-bond acceptors (Lipinski definition) is 6. The summed E-state index contributed by atoms with van der Waals surface area (Å²) >= 11 is 1.43. The van der Waals surface area contributed by atoms with Crippen LogP contribution in [0, 0.1) is 13.8 Å². The minimum absolute atomic E-state index is 0.0225. The molecule has 9 heteroatoms. The Balaban J connectivity index is 2.46. The Bertz CT molecular complexity index is 576. The van der Waals surface area contributed by atoms with Gasteiger partial charge in [0.15, 0.2) is 5.76 Å². The summed E-state index contributed by atoms with van der Waals surface area (Å²) in [6, 6.07) is -1.04. The Morgan fingerprint density at radius 1 is 1.53 bits per heavy atom. The van der Waals surface area contributed by atoms with Crippen LogP contribution in [0.1, 0.15) is 11.5 Å².